The maximum Gasteiger partial charge on any atom is 0.260 e. The minimum Gasteiger partial charge on any atom is -0.458 e. The number of ether oxygens (including phenoxy) is 2. The van der Waals surface area contributed by atoms with Crippen LogP contribution < -0.4 is 25.9 Å². The van der Waals surface area contributed by atoms with Crippen molar-refractivity contribution in [3.63, 3.8) is 0 Å². The van der Waals surface area contributed by atoms with Crippen molar-refractivity contribution in [3.05, 3.63) is 96.7 Å². The SMILES string of the molecule is CC(C)(C)c1ccnc(-c2cccc3c2oc2c4c5c(cc23)Oc2ccccc2B5c2ccccc2O4)c1. The summed E-state index contributed by atoms with van der Waals surface area (Å²) in [6.45, 7) is 6.66. The first kappa shape index (κ1) is 21.6. The molecule has 6 aromatic rings. The molecule has 0 radical (unpaired) electrons. The van der Waals surface area contributed by atoms with Crippen molar-refractivity contribution in [2.24, 2.45) is 0 Å². The Labute approximate surface area is 220 Å². The molecule has 0 aliphatic carbocycles. The average molecular weight is 493 g/mol. The van der Waals surface area contributed by atoms with Gasteiger partial charge in [0.1, 0.15) is 22.8 Å². The van der Waals surface area contributed by atoms with Crippen LogP contribution in [0.5, 0.6) is 23.0 Å². The molecule has 0 atom stereocenters. The van der Waals surface area contributed by atoms with Crippen molar-refractivity contribution < 1.29 is 13.9 Å². The van der Waals surface area contributed by atoms with Crippen molar-refractivity contribution in [3.8, 4) is 34.3 Å². The zero-order valence-electron chi connectivity index (χ0n) is 21.4. The van der Waals surface area contributed by atoms with Crippen LogP contribution in [-0.2, 0) is 5.41 Å². The number of rotatable bonds is 1. The zero-order valence-corrected chi connectivity index (χ0v) is 21.4. The van der Waals surface area contributed by atoms with E-state index in [0.717, 1.165) is 72.6 Å². The normalized spacial score (nSPS) is 13.5. The highest BCUT2D eigenvalue weighted by Crippen LogP contribution is 2.45. The van der Waals surface area contributed by atoms with Gasteiger partial charge in [-0.3, -0.25) is 4.98 Å². The highest BCUT2D eigenvalue weighted by Gasteiger charge is 2.41. The maximum atomic E-state index is 6.72. The third kappa shape index (κ3) is 2.96. The number of furan rings is 1. The highest BCUT2D eigenvalue weighted by atomic mass is 16.5. The van der Waals surface area contributed by atoms with Gasteiger partial charge >= 0.3 is 0 Å². The molecule has 0 spiro atoms. The Bertz CT molecular complexity index is 1920. The molecule has 0 unspecified atom stereocenters. The van der Waals surface area contributed by atoms with Crippen LogP contribution in [0.2, 0.25) is 0 Å². The number of para-hydroxylation sites is 3. The fourth-order valence-electron chi connectivity index (χ4n) is 5.93. The molecule has 0 saturated carbocycles. The molecule has 2 aromatic heterocycles. The summed E-state index contributed by atoms with van der Waals surface area (Å²) in [5.41, 5.74) is 7.94. The molecule has 2 aliphatic heterocycles. The van der Waals surface area contributed by atoms with Crippen molar-refractivity contribution >= 4 is 45.0 Å². The lowest BCUT2D eigenvalue weighted by molar-refractivity contribution is 0.462. The number of fused-ring (bicyclic) bond motifs is 8. The Morgan fingerprint density at radius 3 is 2.18 bits per heavy atom. The molecule has 2 aliphatic rings. The number of benzene rings is 4. The average Bonchev–Trinajstić information content (AvgIpc) is 3.31. The van der Waals surface area contributed by atoms with E-state index in [9.17, 15) is 0 Å². The van der Waals surface area contributed by atoms with Gasteiger partial charge in [-0.05, 0) is 58.3 Å². The number of aromatic nitrogens is 1. The first-order chi connectivity index (χ1) is 18.5. The van der Waals surface area contributed by atoms with Gasteiger partial charge in [0.05, 0.1) is 5.69 Å². The lowest BCUT2D eigenvalue weighted by Crippen LogP contribution is -2.57. The molecule has 5 heteroatoms. The molecule has 0 bridgehead atoms. The summed E-state index contributed by atoms with van der Waals surface area (Å²) < 4.78 is 19.8. The Morgan fingerprint density at radius 2 is 1.42 bits per heavy atom. The van der Waals surface area contributed by atoms with Gasteiger partial charge in [0, 0.05) is 28.0 Å². The second kappa shape index (κ2) is 7.51. The Balaban J connectivity index is 1.42. The molecule has 0 saturated heterocycles. The quantitative estimate of drug-likeness (QED) is 0.240. The fraction of sp³-hybridized carbons (Fsp3) is 0.121. The van der Waals surface area contributed by atoms with Crippen LogP contribution in [0.3, 0.4) is 0 Å². The van der Waals surface area contributed by atoms with E-state index >= 15 is 0 Å². The summed E-state index contributed by atoms with van der Waals surface area (Å²) in [7, 11) is 0. The second-order valence-electron chi connectivity index (χ2n) is 11.2. The third-order valence-corrected chi connectivity index (χ3v) is 7.83. The third-order valence-electron chi connectivity index (χ3n) is 7.83. The van der Waals surface area contributed by atoms with Gasteiger partial charge in [-0.2, -0.15) is 0 Å². The lowest BCUT2D eigenvalue weighted by atomic mass is 9.35. The second-order valence-corrected chi connectivity index (χ2v) is 11.2. The van der Waals surface area contributed by atoms with Crippen LogP contribution in [0.1, 0.15) is 26.3 Å². The number of hydrogen-bond acceptors (Lipinski definition) is 4. The van der Waals surface area contributed by atoms with Gasteiger partial charge in [0.2, 0.25) is 0 Å². The topological polar surface area (TPSA) is 44.5 Å². The summed E-state index contributed by atoms with van der Waals surface area (Å²) >= 11 is 0. The first-order valence-corrected chi connectivity index (χ1v) is 13.0. The van der Waals surface area contributed by atoms with Crippen molar-refractivity contribution in [2.75, 3.05) is 0 Å². The van der Waals surface area contributed by atoms with Crippen LogP contribution in [0, 0.1) is 0 Å². The minimum absolute atomic E-state index is 0.0112. The molecular formula is C33H24BNO3. The van der Waals surface area contributed by atoms with Crippen molar-refractivity contribution in [1.82, 2.24) is 4.98 Å². The van der Waals surface area contributed by atoms with E-state index in [2.05, 4.69) is 81.4 Å². The summed E-state index contributed by atoms with van der Waals surface area (Å²) in [5, 5.41) is 1.99. The number of pyridine rings is 1. The molecule has 4 heterocycles. The van der Waals surface area contributed by atoms with Crippen LogP contribution in [0.25, 0.3) is 33.2 Å². The summed E-state index contributed by atoms with van der Waals surface area (Å²) in [6, 6.07) is 29.1. The van der Waals surface area contributed by atoms with Gasteiger partial charge in [-0.25, -0.2) is 0 Å². The first-order valence-electron chi connectivity index (χ1n) is 13.0. The summed E-state index contributed by atoms with van der Waals surface area (Å²) in [5.74, 6) is 3.27. The van der Waals surface area contributed by atoms with Gasteiger partial charge in [-0.15, -0.1) is 0 Å². The Hall–Kier alpha value is -4.51. The lowest BCUT2D eigenvalue weighted by Gasteiger charge is -2.32. The van der Waals surface area contributed by atoms with Gasteiger partial charge in [0.25, 0.3) is 6.71 Å². The van der Waals surface area contributed by atoms with Crippen LogP contribution in [-0.4, -0.2) is 11.7 Å². The summed E-state index contributed by atoms with van der Waals surface area (Å²) in [4.78, 5) is 4.73. The van der Waals surface area contributed by atoms with E-state index in [0.29, 0.717) is 0 Å². The van der Waals surface area contributed by atoms with E-state index in [1.54, 1.807) is 0 Å². The zero-order chi connectivity index (χ0) is 25.6. The molecule has 4 nitrogen and oxygen atoms in total. The highest BCUT2D eigenvalue weighted by molar-refractivity contribution is 6.98. The van der Waals surface area contributed by atoms with Gasteiger partial charge in [-0.1, -0.05) is 69.3 Å². The number of nitrogens with zero attached hydrogens (tertiary/aromatic N) is 1. The standard InChI is InChI=1S/C33H24BNO3/c1-33(2,3)19-15-16-35-25(17-19)21-10-8-9-20-22-18-28-29-32(31(22)38-30(20)21)37-27-14-7-5-12-24(27)34(29)23-11-4-6-13-26(23)36-28/h4-18H,1-3H3. The summed E-state index contributed by atoms with van der Waals surface area (Å²) in [6.07, 6.45) is 1.88. The van der Waals surface area contributed by atoms with E-state index in [1.807, 2.05) is 30.5 Å². The van der Waals surface area contributed by atoms with Gasteiger partial charge in [0.15, 0.2) is 11.3 Å². The molecule has 0 fully saturated rings. The molecule has 38 heavy (non-hydrogen) atoms. The Morgan fingerprint density at radius 1 is 0.684 bits per heavy atom. The minimum atomic E-state index is 0.0112. The van der Waals surface area contributed by atoms with Gasteiger partial charge < -0.3 is 13.9 Å². The molecule has 182 valence electrons. The van der Waals surface area contributed by atoms with E-state index in [4.69, 9.17) is 18.9 Å². The maximum absolute atomic E-state index is 6.72. The molecule has 0 amide bonds. The van der Waals surface area contributed by atoms with Crippen LogP contribution >= 0.6 is 0 Å². The monoisotopic (exact) mass is 493 g/mol. The number of hydrogen-bond donors (Lipinski definition) is 0. The van der Waals surface area contributed by atoms with E-state index in [-0.39, 0.29) is 12.1 Å². The van der Waals surface area contributed by atoms with Crippen molar-refractivity contribution in [1.29, 1.82) is 0 Å². The van der Waals surface area contributed by atoms with Crippen LogP contribution in [0.4, 0.5) is 0 Å². The Kier molecular flexibility index (Phi) is 4.26. The molecular weight excluding hydrogens is 469 g/mol. The molecule has 0 N–H and O–H groups in total. The van der Waals surface area contributed by atoms with E-state index in [1.165, 1.54) is 5.56 Å². The predicted molar refractivity (Wildman–Crippen MR) is 153 cm³/mol. The molecule has 8 rings (SSSR count). The smallest absolute Gasteiger partial charge is 0.260 e. The van der Waals surface area contributed by atoms with E-state index < -0.39 is 0 Å². The fourth-order valence-corrected chi connectivity index (χ4v) is 5.93. The van der Waals surface area contributed by atoms with Crippen molar-refractivity contribution in [2.45, 2.75) is 26.2 Å². The largest absolute Gasteiger partial charge is 0.458 e. The van der Waals surface area contributed by atoms with Crippen LogP contribution in [0.15, 0.2) is 95.5 Å². The molecule has 4 aromatic carbocycles. The predicted octanol–water partition coefficient (Wildman–Crippen LogP) is 6.67.